The van der Waals surface area contributed by atoms with E-state index in [0.717, 1.165) is 13.1 Å². The molecule has 1 N–H and O–H groups in total. The van der Waals surface area contributed by atoms with E-state index in [1.165, 1.54) is 24.8 Å². The van der Waals surface area contributed by atoms with Gasteiger partial charge in [-0.3, -0.25) is 9.69 Å². The molecule has 1 aliphatic heterocycles. The fourth-order valence-electron chi connectivity index (χ4n) is 4.18. The largest absolute Gasteiger partial charge is 0.422 e. The SMILES string of the molecule is CC(=C1CCC1)C1CN(C2CCc3c2n[nH]c(=O)c3C(F)(F)F)C1. The number of hydrogen-bond donors (Lipinski definition) is 1. The number of allylic oxidation sites excluding steroid dienone is 1. The third kappa shape index (κ3) is 2.41. The Hall–Kier alpha value is -1.63. The molecule has 4 nitrogen and oxygen atoms in total. The number of aromatic nitrogens is 2. The molecular formula is C17H20F3N3O. The number of alkyl halides is 3. The van der Waals surface area contributed by atoms with Gasteiger partial charge in [0.05, 0.1) is 11.7 Å². The summed E-state index contributed by atoms with van der Waals surface area (Å²) in [5, 5.41) is 6.01. The van der Waals surface area contributed by atoms with Crippen molar-refractivity contribution in [2.75, 3.05) is 13.1 Å². The summed E-state index contributed by atoms with van der Waals surface area (Å²) in [4.78, 5) is 13.8. The van der Waals surface area contributed by atoms with Crippen LogP contribution < -0.4 is 5.56 Å². The summed E-state index contributed by atoms with van der Waals surface area (Å²) in [5.74, 6) is 0.522. The molecule has 0 radical (unpaired) electrons. The lowest BCUT2D eigenvalue weighted by Crippen LogP contribution is -2.49. The van der Waals surface area contributed by atoms with Crippen molar-refractivity contribution in [2.45, 2.75) is 51.2 Å². The Morgan fingerprint density at radius 1 is 1.25 bits per heavy atom. The van der Waals surface area contributed by atoms with Crippen LogP contribution in [0.5, 0.6) is 0 Å². The van der Waals surface area contributed by atoms with Crippen molar-refractivity contribution in [2.24, 2.45) is 5.92 Å². The van der Waals surface area contributed by atoms with Gasteiger partial charge >= 0.3 is 6.18 Å². The molecule has 1 aromatic heterocycles. The van der Waals surface area contributed by atoms with E-state index in [1.54, 1.807) is 5.57 Å². The summed E-state index contributed by atoms with van der Waals surface area (Å²) in [6.07, 6.45) is -0.0779. The summed E-state index contributed by atoms with van der Waals surface area (Å²) in [6.45, 7) is 3.94. The Morgan fingerprint density at radius 3 is 2.54 bits per heavy atom. The van der Waals surface area contributed by atoms with Gasteiger partial charge in [-0.1, -0.05) is 11.1 Å². The first kappa shape index (κ1) is 15.9. The fourth-order valence-corrected chi connectivity index (χ4v) is 4.18. The smallest absolute Gasteiger partial charge is 0.293 e. The van der Waals surface area contributed by atoms with Crippen LogP contribution in [0.4, 0.5) is 13.2 Å². The van der Waals surface area contributed by atoms with Crippen molar-refractivity contribution in [3.05, 3.63) is 38.3 Å². The van der Waals surface area contributed by atoms with Gasteiger partial charge in [0.15, 0.2) is 0 Å². The van der Waals surface area contributed by atoms with Crippen molar-refractivity contribution in [1.82, 2.24) is 15.1 Å². The molecule has 0 spiro atoms. The summed E-state index contributed by atoms with van der Waals surface area (Å²) in [7, 11) is 0. The lowest BCUT2D eigenvalue weighted by atomic mass is 9.80. The zero-order valence-corrected chi connectivity index (χ0v) is 13.5. The molecule has 1 saturated heterocycles. The topological polar surface area (TPSA) is 49.0 Å². The van der Waals surface area contributed by atoms with Crippen LogP contribution >= 0.6 is 0 Å². The highest BCUT2D eigenvalue weighted by Crippen LogP contribution is 2.44. The van der Waals surface area contributed by atoms with E-state index < -0.39 is 17.3 Å². The van der Waals surface area contributed by atoms with Crippen LogP contribution in [-0.4, -0.2) is 28.2 Å². The molecule has 130 valence electrons. The highest BCUT2D eigenvalue weighted by atomic mass is 19.4. The van der Waals surface area contributed by atoms with Crippen LogP contribution in [0.2, 0.25) is 0 Å². The molecule has 24 heavy (non-hydrogen) atoms. The normalized spacial score (nSPS) is 24.5. The minimum absolute atomic E-state index is 0.0915. The van der Waals surface area contributed by atoms with Crippen LogP contribution in [0.25, 0.3) is 0 Å². The predicted molar refractivity (Wildman–Crippen MR) is 82.5 cm³/mol. The number of H-pyrrole nitrogens is 1. The second kappa shape index (κ2) is 5.44. The monoisotopic (exact) mass is 339 g/mol. The van der Waals surface area contributed by atoms with Gasteiger partial charge in [-0.2, -0.15) is 18.3 Å². The molecule has 1 unspecified atom stereocenters. The number of aromatic amines is 1. The van der Waals surface area contributed by atoms with Crippen molar-refractivity contribution in [3.63, 3.8) is 0 Å². The standard InChI is InChI=1S/C17H20F3N3O/c1-9(10-3-2-4-10)11-7-23(8-11)13-6-5-12-14(17(18,19)20)16(24)22-21-15(12)13/h11,13H,2-8H2,1H3,(H,22,24). The van der Waals surface area contributed by atoms with E-state index in [1.807, 2.05) is 5.10 Å². The first-order valence-electron chi connectivity index (χ1n) is 8.47. The summed E-state index contributed by atoms with van der Waals surface area (Å²) in [5.41, 5.74) is 1.35. The van der Waals surface area contributed by atoms with Gasteiger partial charge in [0.2, 0.25) is 0 Å². The van der Waals surface area contributed by atoms with Gasteiger partial charge in [0.25, 0.3) is 5.56 Å². The molecule has 1 atom stereocenters. The maximum Gasteiger partial charge on any atom is 0.422 e. The Kier molecular flexibility index (Phi) is 3.60. The highest BCUT2D eigenvalue weighted by Gasteiger charge is 2.44. The summed E-state index contributed by atoms with van der Waals surface area (Å²) in [6, 6.07) is -0.103. The molecule has 2 heterocycles. The van der Waals surface area contributed by atoms with Gasteiger partial charge in [-0.15, -0.1) is 0 Å². The first-order valence-corrected chi connectivity index (χ1v) is 8.47. The Labute approximate surface area is 137 Å². The first-order chi connectivity index (χ1) is 11.4. The molecule has 2 aliphatic carbocycles. The van der Waals surface area contributed by atoms with Crippen molar-refractivity contribution in [1.29, 1.82) is 0 Å². The van der Waals surface area contributed by atoms with Gasteiger partial charge in [-0.25, -0.2) is 5.10 Å². The van der Waals surface area contributed by atoms with Crippen LogP contribution in [0, 0.1) is 5.92 Å². The van der Waals surface area contributed by atoms with Crippen LogP contribution in [0.3, 0.4) is 0 Å². The molecule has 2 fully saturated rings. The van der Waals surface area contributed by atoms with E-state index in [0.29, 0.717) is 18.0 Å². The average Bonchev–Trinajstić information content (AvgIpc) is 2.76. The number of likely N-dealkylation sites (tertiary alicyclic amines) is 1. The number of hydrogen-bond acceptors (Lipinski definition) is 3. The summed E-state index contributed by atoms with van der Waals surface area (Å²) < 4.78 is 39.5. The van der Waals surface area contributed by atoms with Crippen molar-refractivity contribution in [3.8, 4) is 0 Å². The third-order valence-corrected chi connectivity index (χ3v) is 5.86. The number of rotatable bonds is 2. The predicted octanol–water partition coefficient (Wildman–Crippen LogP) is 3.21. The zero-order valence-electron chi connectivity index (χ0n) is 13.5. The zero-order chi connectivity index (χ0) is 17.1. The minimum atomic E-state index is -4.63. The second-order valence-corrected chi connectivity index (χ2v) is 7.13. The lowest BCUT2D eigenvalue weighted by molar-refractivity contribution is -0.139. The molecule has 4 rings (SSSR count). The fraction of sp³-hybridized carbons (Fsp3) is 0.647. The second-order valence-electron chi connectivity index (χ2n) is 7.13. The van der Waals surface area contributed by atoms with Crippen molar-refractivity contribution < 1.29 is 13.2 Å². The number of nitrogens with one attached hydrogen (secondary N) is 1. The average molecular weight is 339 g/mol. The van der Waals surface area contributed by atoms with Gasteiger partial charge in [-0.05, 0) is 44.6 Å². The van der Waals surface area contributed by atoms with E-state index in [-0.39, 0.29) is 18.0 Å². The molecule has 1 saturated carbocycles. The van der Waals surface area contributed by atoms with E-state index in [9.17, 15) is 18.0 Å². The molecule has 1 aromatic rings. The van der Waals surface area contributed by atoms with Crippen LogP contribution in [0.15, 0.2) is 15.9 Å². The highest BCUT2D eigenvalue weighted by molar-refractivity contribution is 5.36. The van der Waals surface area contributed by atoms with E-state index in [2.05, 4.69) is 16.9 Å². The quantitative estimate of drug-likeness (QED) is 0.842. The Morgan fingerprint density at radius 2 is 1.96 bits per heavy atom. The van der Waals surface area contributed by atoms with E-state index >= 15 is 0 Å². The maximum absolute atomic E-state index is 13.2. The lowest BCUT2D eigenvalue weighted by Gasteiger charge is -2.45. The van der Waals surface area contributed by atoms with Gasteiger partial charge in [0, 0.05) is 19.0 Å². The Balaban J connectivity index is 1.55. The molecule has 0 bridgehead atoms. The number of fused-ring (bicyclic) bond motifs is 1. The van der Waals surface area contributed by atoms with Crippen LogP contribution in [0.1, 0.15) is 55.5 Å². The van der Waals surface area contributed by atoms with E-state index in [4.69, 9.17) is 0 Å². The number of halogens is 3. The van der Waals surface area contributed by atoms with Crippen LogP contribution in [-0.2, 0) is 12.6 Å². The third-order valence-electron chi connectivity index (χ3n) is 5.86. The van der Waals surface area contributed by atoms with Crippen molar-refractivity contribution >= 4 is 0 Å². The molecule has 7 heteroatoms. The molecule has 3 aliphatic rings. The Bertz CT molecular complexity index is 753. The van der Waals surface area contributed by atoms with Gasteiger partial charge < -0.3 is 0 Å². The molecule has 0 aromatic carbocycles. The maximum atomic E-state index is 13.2. The molecule has 0 amide bonds. The summed E-state index contributed by atoms with van der Waals surface area (Å²) >= 11 is 0. The minimum Gasteiger partial charge on any atom is -0.293 e. The molecular weight excluding hydrogens is 319 g/mol. The number of nitrogens with zero attached hydrogens (tertiary/aromatic N) is 2. The van der Waals surface area contributed by atoms with Gasteiger partial charge in [0.1, 0.15) is 5.56 Å².